The maximum atomic E-state index is 12.7. The van der Waals surface area contributed by atoms with Crippen molar-refractivity contribution in [3.63, 3.8) is 0 Å². The van der Waals surface area contributed by atoms with Crippen molar-refractivity contribution in [3.05, 3.63) is 89.6 Å². The standard InChI is InChI=1S/C22H18N2O5/c25-21(24-13-18-7-4-10-27-18)20(16-6-3-9-23-12-16)29-22(26)17-11-15-5-1-2-8-19(15)28-14-17/h1-12,20H,13-14H2,(H,24,25). The van der Waals surface area contributed by atoms with E-state index >= 15 is 0 Å². The second-order valence-corrected chi connectivity index (χ2v) is 6.36. The summed E-state index contributed by atoms with van der Waals surface area (Å²) in [7, 11) is 0. The average Bonchev–Trinajstić information content (AvgIpc) is 3.29. The summed E-state index contributed by atoms with van der Waals surface area (Å²) in [6.45, 7) is 0.253. The first-order valence-corrected chi connectivity index (χ1v) is 9.04. The van der Waals surface area contributed by atoms with Crippen molar-refractivity contribution in [2.24, 2.45) is 0 Å². The molecule has 0 fully saturated rings. The molecule has 1 N–H and O–H groups in total. The minimum Gasteiger partial charge on any atom is -0.488 e. The van der Waals surface area contributed by atoms with Crippen LogP contribution in [0.1, 0.15) is 23.0 Å². The SMILES string of the molecule is O=C(OC(C(=O)NCc1ccco1)c1cccnc1)C1=Cc2ccccc2OC1. The van der Waals surface area contributed by atoms with Crippen molar-refractivity contribution in [1.29, 1.82) is 0 Å². The fourth-order valence-corrected chi connectivity index (χ4v) is 2.90. The molecule has 0 saturated carbocycles. The number of para-hydroxylation sites is 1. The molecule has 1 aliphatic heterocycles. The molecule has 146 valence electrons. The molecule has 0 radical (unpaired) electrons. The van der Waals surface area contributed by atoms with Crippen molar-refractivity contribution < 1.29 is 23.5 Å². The molecular formula is C22H18N2O5. The molecule has 1 aliphatic rings. The Morgan fingerprint density at radius 3 is 2.83 bits per heavy atom. The van der Waals surface area contributed by atoms with E-state index in [1.807, 2.05) is 24.3 Å². The molecular weight excluding hydrogens is 372 g/mol. The van der Waals surface area contributed by atoms with Crippen LogP contribution in [-0.4, -0.2) is 23.5 Å². The Hall–Kier alpha value is -3.87. The third-order valence-corrected chi connectivity index (χ3v) is 4.36. The number of rotatable bonds is 6. The Kier molecular flexibility index (Phi) is 5.38. The van der Waals surface area contributed by atoms with Crippen LogP contribution >= 0.6 is 0 Å². The monoisotopic (exact) mass is 390 g/mol. The lowest BCUT2D eigenvalue weighted by Gasteiger charge is -2.21. The molecule has 0 bridgehead atoms. The number of esters is 1. The van der Waals surface area contributed by atoms with E-state index in [2.05, 4.69) is 10.3 Å². The highest BCUT2D eigenvalue weighted by Gasteiger charge is 2.28. The van der Waals surface area contributed by atoms with Gasteiger partial charge < -0.3 is 19.2 Å². The lowest BCUT2D eigenvalue weighted by molar-refractivity contribution is -0.153. The first-order valence-electron chi connectivity index (χ1n) is 9.04. The van der Waals surface area contributed by atoms with Crippen LogP contribution in [-0.2, 0) is 20.9 Å². The van der Waals surface area contributed by atoms with Gasteiger partial charge in [-0.25, -0.2) is 4.79 Å². The van der Waals surface area contributed by atoms with Crippen molar-refractivity contribution in [2.45, 2.75) is 12.6 Å². The number of fused-ring (bicyclic) bond motifs is 1. The fraction of sp³-hybridized carbons (Fsp3) is 0.136. The molecule has 2 aromatic heterocycles. The van der Waals surface area contributed by atoms with Crippen molar-refractivity contribution >= 4 is 18.0 Å². The Morgan fingerprint density at radius 2 is 2.03 bits per heavy atom. The second-order valence-electron chi connectivity index (χ2n) is 6.36. The highest BCUT2D eigenvalue weighted by atomic mass is 16.6. The van der Waals surface area contributed by atoms with Gasteiger partial charge in [0.05, 0.1) is 18.4 Å². The number of aromatic nitrogens is 1. The van der Waals surface area contributed by atoms with E-state index in [9.17, 15) is 9.59 Å². The highest BCUT2D eigenvalue weighted by Crippen LogP contribution is 2.27. The van der Waals surface area contributed by atoms with E-state index in [0.717, 1.165) is 5.56 Å². The van der Waals surface area contributed by atoms with Crippen LogP contribution in [0.3, 0.4) is 0 Å². The summed E-state index contributed by atoms with van der Waals surface area (Å²) in [5.41, 5.74) is 1.58. The molecule has 3 heterocycles. The molecule has 1 atom stereocenters. The molecule has 1 aromatic carbocycles. The van der Waals surface area contributed by atoms with Crippen LogP contribution in [0.4, 0.5) is 0 Å². The number of hydrogen-bond acceptors (Lipinski definition) is 6. The molecule has 3 aromatic rings. The summed E-state index contributed by atoms with van der Waals surface area (Å²) in [5, 5.41) is 2.72. The van der Waals surface area contributed by atoms with Crippen molar-refractivity contribution in [2.75, 3.05) is 6.61 Å². The summed E-state index contributed by atoms with van der Waals surface area (Å²) in [4.78, 5) is 29.5. The zero-order chi connectivity index (χ0) is 20.1. The van der Waals surface area contributed by atoms with Crippen LogP contribution in [0.15, 0.2) is 77.2 Å². The van der Waals surface area contributed by atoms with E-state index < -0.39 is 18.0 Å². The van der Waals surface area contributed by atoms with Crippen LogP contribution in [0.2, 0.25) is 0 Å². The van der Waals surface area contributed by atoms with Gasteiger partial charge in [-0.2, -0.15) is 0 Å². The number of carbonyl (C=O) groups is 2. The van der Waals surface area contributed by atoms with E-state index in [1.54, 1.807) is 36.5 Å². The first-order chi connectivity index (χ1) is 14.2. The molecule has 0 aliphatic carbocycles. The lowest BCUT2D eigenvalue weighted by Crippen LogP contribution is -2.32. The largest absolute Gasteiger partial charge is 0.488 e. The summed E-state index contributed by atoms with van der Waals surface area (Å²) in [6.07, 6.45) is 5.16. The topological polar surface area (TPSA) is 90.7 Å². The number of benzene rings is 1. The minimum absolute atomic E-state index is 0.0730. The number of hydrogen-bond donors (Lipinski definition) is 1. The number of nitrogens with zero attached hydrogens (tertiary/aromatic N) is 1. The van der Waals surface area contributed by atoms with E-state index in [4.69, 9.17) is 13.9 Å². The number of amides is 1. The zero-order valence-corrected chi connectivity index (χ0v) is 15.4. The Morgan fingerprint density at radius 1 is 1.14 bits per heavy atom. The van der Waals surface area contributed by atoms with Gasteiger partial charge in [0.15, 0.2) is 0 Å². The van der Waals surface area contributed by atoms with E-state index in [1.165, 1.54) is 12.5 Å². The van der Waals surface area contributed by atoms with Gasteiger partial charge in [-0.3, -0.25) is 9.78 Å². The van der Waals surface area contributed by atoms with Gasteiger partial charge in [-0.05, 0) is 30.3 Å². The van der Waals surface area contributed by atoms with Gasteiger partial charge in [0.25, 0.3) is 5.91 Å². The van der Waals surface area contributed by atoms with Gasteiger partial charge in [-0.1, -0.05) is 24.3 Å². The van der Waals surface area contributed by atoms with Crippen LogP contribution in [0, 0.1) is 0 Å². The molecule has 1 unspecified atom stereocenters. The molecule has 0 saturated heterocycles. The predicted octanol–water partition coefficient (Wildman–Crippen LogP) is 3.05. The lowest BCUT2D eigenvalue weighted by atomic mass is 10.1. The maximum Gasteiger partial charge on any atom is 0.338 e. The summed E-state index contributed by atoms with van der Waals surface area (Å²) in [6, 6.07) is 14.2. The Labute approximate surface area is 167 Å². The van der Waals surface area contributed by atoms with Crippen molar-refractivity contribution in [1.82, 2.24) is 10.3 Å². The minimum atomic E-state index is -1.15. The smallest absolute Gasteiger partial charge is 0.338 e. The summed E-state index contributed by atoms with van der Waals surface area (Å²) in [5.74, 6) is 0.195. The molecule has 0 spiro atoms. The van der Waals surface area contributed by atoms with Crippen LogP contribution in [0.5, 0.6) is 5.75 Å². The van der Waals surface area contributed by atoms with Gasteiger partial charge >= 0.3 is 5.97 Å². The number of pyridine rings is 1. The fourth-order valence-electron chi connectivity index (χ4n) is 2.90. The van der Waals surface area contributed by atoms with Gasteiger partial charge in [0.2, 0.25) is 6.10 Å². The molecule has 7 heteroatoms. The molecule has 7 nitrogen and oxygen atoms in total. The quantitative estimate of drug-likeness (QED) is 0.651. The molecule has 1 amide bonds. The van der Waals surface area contributed by atoms with Gasteiger partial charge in [0.1, 0.15) is 18.1 Å². The zero-order valence-electron chi connectivity index (χ0n) is 15.4. The summed E-state index contributed by atoms with van der Waals surface area (Å²) < 4.78 is 16.4. The maximum absolute atomic E-state index is 12.7. The van der Waals surface area contributed by atoms with Gasteiger partial charge in [0, 0.05) is 23.5 Å². The number of carbonyl (C=O) groups excluding carboxylic acids is 2. The van der Waals surface area contributed by atoms with Crippen LogP contribution in [0.25, 0.3) is 6.08 Å². The molecule has 29 heavy (non-hydrogen) atoms. The van der Waals surface area contributed by atoms with Crippen molar-refractivity contribution in [3.8, 4) is 5.75 Å². The number of nitrogens with one attached hydrogen (secondary N) is 1. The van der Waals surface area contributed by atoms with Gasteiger partial charge in [-0.15, -0.1) is 0 Å². The molecule has 4 rings (SSSR count). The number of furan rings is 1. The Bertz CT molecular complexity index is 1030. The normalized spacial score (nSPS) is 13.4. The third kappa shape index (κ3) is 4.35. The average molecular weight is 390 g/mol. The first kappa shape index (κ1) is 18.5. The van der Waals surface area contributed by atoms with E-state index in [0.29, 0.717) is 22.6 Å². The summed E-state index contributed by atoms with van der Waals surface area (Å²) >= 11 is 0. The second kappa shape index (κ2) is 8.43. The predicted molar refractivity (Wildman–Crippen MR) is 104 cm³/mol. The van der Waals surface area contributed by atoms with E-state index in [-0.39, 0.29) is 13.2 Å². The highest BCUT2D eigenvalue weighted by molar-refractivity contribution is 5.97. The number of ether oxygens (including phenoxy) is 2. The van der Waals surface area contributed by atoms with Crippen LogP contribution < -0.4 is 10.1 Å². The Balaban J connectivity index is 1.51. The third-order valence-electron chi connectivity index (χ3n) is 4.36.